The van der Waals surface area contributed by atoms with Crippen molar-refractivity contribution in [2.24, 2.45) is 0 Å². The Morgan fingerprint density at radius 1 is 0.833 bits per heavy atom. The highest BCUT2D eigenvalue weighted by molar-refractivity contribution is 6.03. The van der Waals surface area contributed by atoms with E-state index in [1.807, 2.05) is 0 Å². The lowest BCUT2D eigenvalue weighted by Gasteiger charge is -2.26. The van der Waals surface area contributed by atoms with Crippen LogP contribution in [-0.4, -0.2) is 23.4 Å². The summed E-state index contributed by atoms with van der Waals surface area (Å²) in [5.41, 5.74) is 12.8. The third-order valence-corrected chi connectivity index (χ3v) is 8.74. The van der Waals surface area contributed by atoms with Crippen molar-refractivity contribution >= 4 is 17.1 Å². The summed E-state index contributed by atoms with van der Waals surface area (Å²) in [6.07, 6.45) is 11.8. The highest BCUT2D eigenvalue weighted by Gasteiger charge is 2.43. The van der Waals surface area contributed by atoms with E-state index in [0.717, 1.165) is 25.9 Å². The molecule has 2 heterocycles. The van der Waals surface area contributed by atoms with Crippen molar-refractivity contribution in [2.75, 3.05) is 18.0 Å². The topological polar surface area (TPSA) is 6.25 Å². The molecule has 0 bridgehead atoms. The largest absolute Gasteiger partial charge is 0.344 e. The van der Waals surface area contributed by atoms with E-state index in [-0.39, 0.29) is 10.8 Å². The van der Waals surface area contributed by atoms with Crippen LogP contribution in [0.3, 0.4) is 0 Å². The van der Waals surface area contributed by atoms with Crippen LogP contribution in [0.5, 0.6) is 0 Å². The highest BCUT2D eigenvalue weighted by atomic mass is 15.2. The number of nitrogens with zero attached hydrogens (tertiary/aromatic N) is 2. The second-order valence-corrected chi connectivity index (χ2v) is 11.4. The molecule has 0 aromatic heterocycles. The van der Waals surface area contributed by atoms with Crippen LogP contribution >= 0.6 is 0 Å². The lowest BCUT2D eigenvalue weighted by atomic mass is 9.81. The number of anilines is 1. The summed E-state index contributed by atoms with van der Waals surface area (Å²) >= 11 is 0. The number of hydrogen-bond donors (Lipinski definition) is 0. The zero-order valence-electron chi connectivity index (χ0n) is 23.2. The number of likely N-dealkylation sites (N-methyl/N-ethyl adjacent to an activating group) is 1. The van der Waals surface area contributed by atoms with Gasteiger partial charge in [-0.15, -0.1) is 0 Å². The van der Waals surface area contributed by atoms with E-state index in [2.05, 4.69) is 131 Å². The molecule has 2 aliphatic heterocycles. The first-order valence-electron chi connectivity index (χ1n) is 13.6. The van der Waals surface area contributed by atoms with E-state index in [1.54, 1.807) is 0 Å². The van der Waals surface area contributed by atoms with Gasteiger partial charge in [0.25, 0.3) is 0 Å². The normalized spacial score (nSPS) is 22.5. The van der Waals surface area contributed by atoms with Crippen LogP contribution in [0.15, 0.2) is 95.3 Å². The Kier molecular flexibility index (Phi) is 6.19. The van der Waals surface area contributed by atoms with Crippen LogP contribution in [0.2, 0.25) is 0 Å². The average molecular weight is 478 g/mol. The maximum atomic E-state index is 2.48. The molecule has 0 radical (unpaired) electrons. The van der Waals surface area contributed by atoms with Gasteiger partial charge >= 0.3 is 0 Å². The van der Waals surface area contributed by atoms with Gasteiger partial charge in [0.15, 0.2) is 5.71 Å². The number of allylic oxidation sites excluding steroid dienone is 8. The minimum Gasteiger partial charge on any atom is -0.344 e. The minimum absolute atomic E-state index is 0.0198. The second-order valence-electron chi connectivity index (χ2n) is 11.4. The van der Waals surface area contributed by atoms with Crippen LogP contribution in [0, 0.1) is 0 Å². The lowest BCUT2D eigenvalue weighted by Crippen LogP contribution is -2.27. The molecule has 3 aliphatic rings. The lowest BCUT2D eigenvalue weighted by molar-refractivity contribution is -0.433. The van der Waals surface area contributed by atoms with E-state index in [1.165, 1.54) is 50.6 Å². The van der Waals surface area contributed by atoms with E-state index in [4.69, 9.17) is 0 Å². The van der Waals surface area contributed by atoms with Crippen molar-refractivity contribution in [3.8, 4) is 0 Å². The van der Waals surface area contributed by atoms with Crippen molar-refractivity contribution < 1.29 is 4.58 Å². The zero-order chi connectivity index (χ0) is 25.7. The fourth-order valence-electron chi connectivity index (χ4n) is 6.59. The molecule has 2 aromatic rings. The second kappa shape index (κ2) is 9.07. The smallest absolute Gasteiger partial charge is 0.209 e. The molecule has 36 heavy (non-hydrogen) atoms. The molecule has 2 nitrogen and oxygen atoms in total. The van der Waals surface area contributed by atoms with Gasteiger partial charge in [0, 0.05) is 41.1 Å². The summed E-state index contributed by atoms with van der Waals surface area (Å²) in [6, 6.07) is 17.7. The number of fused-ring (bicyclic) bond motifs is 2. The molecule has 0 fully saturated rings. The molecule has 1 aliphatic carbocycles. The molecule has 0 unspecified atom stereocenters. The Bertz CT molecular complexity index is 1360. The quantitative estimate of drug-likeness (QED) is 0.392. The van der Waals surface area contributed by atoms with E-state index in [9.17, 15) is 0 Å². The monoisotopic (exact) mass is 477 g/mol. The SMILES string of the molecule is CCN1/C(=C/C=C2\CCC(/C=C/C3=[N+](CC)c4ccccc4C3(C)C)=C2C)C(C)(C)c2ccccc21. The molecule has 0 atom stereocenters. The van der Waals surface area contributed by atoms with Gasteiger partial charge in [-0.25, -0.2) is 0 Å². The fraction of sp³-hybridized carbons (Fsp3) is 0.382. The summed E-state index contributed by atoms with van der Waals surface area (Å²) in [5, 5.41) is 0. The van der Waals surface area contributed by atoms with E-state index < -0.39 is 0 Å². The summed E-state index contributed by atoms with van der Waals surface area (Å²) in [7, 11) is 0. The predicted octanol–water partition coefficient (Wildman–Crippen LogP) is 8.38. The van der Waals surface area contributed by atoms with Crippen LogP contribution in [0.1, 0.15) is 72.4 Å². The number of hydrogen-bond acceptors (Lipinski definition) is 1. The van der Waals surface area contributed by atoms with Crippen LogP contribution in [0.25, 0.3) is 0 Å². The van der Waals surface area contributed by atoms with Gasteiger partial charge in [0.1, 0.15) is 6.54 Å². The molecule has 0 spiro atoms. The zero-order valence-corrected chi connectivity index (χ0v) is 23.2. The van der Waals surface area contributed by atoms with Gasteiger partial charge in [-0.2, -0.15) is 4.58 Å². The first-order valence-corrected chi connectivity index (χ1v) is 13.6. The van der Waals surface area contributed by atoms with Gasteiger partial charge < -0.3 is 4.90 Å². The summed E-state index contributed by atoms with van der Waals surface area (Å²) in [6.45, 7) is 18.2. The van der Waals surface area contributed by atoms with E-state index in [0.29, 0.717) is 0 Å². The molecule has 186 valence electrons. The van der Waals surface area contributed by atoms with Crippen molar-refractivity contribution in [2.45, 2.75) is 72.1 Å². The number of para-hydroxylation sites is 2. The van der Waals surface area contributed by atoms with Gasteiger partial charge in [0.2, 0.25) is 5.69 Å². The first kappa shape index (κ1) is 24.6. The maximum absolute atomic E-state index is 2.48. The molecule has 0 N–H and O–H groups in total. The Morgan fingerprint density at radius 3 is 2.25 bits per heavy atom. The minimum atomic E-state index is 0.0198. The predicted molar refractivity (Wildman–Crippen MR) is 155 cm³/mol. The van der Waals surface area contributed by atoms with Crippen molar-refractivity contribution in [1.82, 2.24) is 0 Å². The average Bonchev–Trinajstić information content (AvgIpc) is 3.41. The molecular formula is C34H41N2+. The van der Waals surface area contributed by atoms with Crippen LogP contribution in [0.4, 0.5) is 11.4 Å². The summed E-state index contributed by atoms with van der Waals surface area (Å²) in [4.78, 5) is 2.48. The van der Waals surface area contributed by atoms with Gasteiger partial charge in [-0.1, -0.05) is 62.4 Å². The molecule has 5 rings (SSSR count). The summed E-state index contributed by atoms with van der Waals surface area (Å²) < 4.78 is 2.48. The molecule has 0 saturated carbocycles. The molecule has 2 aromatic carbocycles. The van der Waals surface area contributed by atoms with Gasteiger partial charge in [0.05, 0.1) is 5.41 Å². The Balaban J connectivity index is 1.45. The standard InChI is InChI=1S/C34H41N2/c1-8-35-29-16-12-10-14-27(29)33(4,5)31(35)22-20-25-18-19-26(24(25)3)21-23-32-34(6,7)28-15-11-13-17-30(28)36(32)9-2/h10-17,20-23H,8-9,18-19H2,1-7H3/q+1. The summed E-state index contributed by atoms with van der Waals surface area (Å²) in [5.74, 6) is 0. The highest BCUT2D eigenvalue weighted by Crippen LogP contribution is 2.47. The Labute approximate surface area is 218 Å². The molecule has 0 saturated heterocycles. The Hall–Kier alpha value is -3.13. The van der Waals surface area contributed by atoms with Gasteiger partial charge in [-0.05, 0) is 81.9 Å². The molecule has 0 amide bonds. The van der Waals surface area contributed by atoms with Crippen LogP contribution in [-0.2, 0) is 10.8 Å². The maximum Gasteiger partial charge on any atom is 0.209 e. The first-order chi connectivity index (χ1) is 17.2. The van der Waals surface area contributed by atoms with E-state index >= 15 is 0 Å². The third kappa shape index (κ3) is 3.74. The number of rotatable bonds is 5. The van der Waals surface area contributed by atoms with Gasteiger partial charge in [-0.3, -0.25) is 0 Å². The van der Waals surface area contributed by atoms with Crippen molar-refractivity contribution in [1.29, 1.82) is 0 Å². The van der Waals surface area contributed by atoms with Crippen molar-refractivity contribution in [3.63, 3.8) is 0 Å². The number of benzene rings is 2. The molecular weight excluding hydrogens is 436 g/mol. The van der Waals surface area contributed by atoms with Crippen LogP contribution < -0.4 is 4.90 Å². The third-order valence-electron chi connectivity index (χ3n) is 8.74. The fourth-order valence-corrected chi connectivity index (χ4v) is 6.59. The Morgan fingerprint density at radius 2 is 1.53 bits per heavy atom. The van der Waals surface area contributed by atoms with Crippen molar-refractivity contribution in [3.05, 3.63) is 106 Å². The molecule has 2 heteroatoms.